The summed E-state index contributed by atoms with van der Waals surface area (Å²) in [6, 6.07) is 12.1. The minimum atomic E-state index is -0.976. The number of rotatable bonds is 12. The highest BCUT2D eigenvalue weighted by Crippen LogP contribution is 2.33. The third-order valence-corrected chi connectivity index (χ3v) is 5.23. The Morgan fingerprint density at radius 1 is 1.09 bits per heavy atom. The minimum absolute atomic E-state index is 0.0296. The fraction of sp³-hybridized carbons (Fsp3) is 0.333. The monoisotopic (exact) mass is 470 g/mol. The third kappa shape index (κ3) is 5.97. The lowest BCUT2D eigenvalue weighted by Gasteiger charge is -2.16. The predicted molar refractivity (Wildman–Crippen MR) is 123 cm³/mol. The molecule has 1 unspecified atom stereocenters. The number of hydrogen-bond donors (Lipinski definition) is 4. The highest BCUT2D eigenvalue weighted by molar-refractivity contribution is 5.89. The van der Waals surface area contributed by atoms with Crippen molar-refractivity contribution in [3.8, 4) is 23.0 Å². The van der Waals surface area contributed by atoms with Gasteiger partial charge in [-0.15, -0.1) is 0 Å². The van der Waals surface area contributed by atoms with Crippen molar-refractivity contribution in [1.82, 2.24) is 10.3 Å². The van der Waals surface area contributed by atoms with E-state index in [0.717, 1.165) is 23.5 Å². The minimum Gasteiger partial charge on any atom is -0.491 e. The number of aromatic amines is 1. The maximum absolute atomic E-state index is 11.8. The lowest BCUT2D eigenvalue weighted by Crippen LogP contribution is -2.32. The molecule has 2 aromatic carbocycles. The smallest absolute Gasteiger partial charge is 0.306 e. The number of aliphatic hydroxyl groups excluding tert-OH is 1. The quantitative estimate of drug-likeness (QED) is 0.291. The molecule has 4 N–H and O–H groups in total. The van der Waals surface area contributed by atoms with E-state index >= 15 is 0 Å². The molecular weight excluding hydrogens is 444 g/mol. The molecule has 1 aromatic heterocycles. The van der Waals surface area contributed by atoms with Gasteiger partial charge in [0.1, 0.15) is 24.2 Å². The Bertz CT molecular complexity index is 1210. The van der Waals surface area contributed by atoms with Gasteiger partial charge in [0.2, 0.25) is 12.4 Å². The van der Waals surface area contributed by atoms with E-state index in [-0.39, 0.29) is 32.0 Å². The molecule has 0 aliphatic carbocycles. The SMILES string of the molecule is O=C(O)CCOc1ccc(OCC(O)CNCCc2ccc3c(c2)OCO3)c2ccc(=O)[nH]c12. The van der Waals surface area contributed by atoms with Crippen LogP contribution in [0.25, 0.3) is 10.9 Å². The molecule has 0 saturated carbocycles. The Morgan fingerprint density at radius 3 is 2.76 bits per heavy atom. The Kier molecular flexibility index (Phi) is 7.51. The lowest BCUT2D eigenvalue weighted by molar-refractivity contribution is -0.137. The Balaban J connectivity index is 1.28. The van der Waals surface area contributed by atoms with Crippen LogP contribution in [0, 0.1) is 0 Å². The summed E-state index contributed by atoms with van der Waals surface area (Å²) in [5, 5.41) is 22.9. The maximum atomic E-state index is 11.8. The molecule has 10 heteroatoms. The Morgan fingerprint density at radius 2 is 1.91 bits per heavy atom. The van der Waals surface area contributed by atoms with Crippen LogP contribution in [0.5, 0.6) is 23.0 Å². The molecule has 1 aliphatic rings. The molecule has 34 heavy (non-hydrogen) atoms. The highest BCUT2D eigenvalue weighted by Gasteiger charge is 2.14. The summed E-state index contributed by atoms with van der Waals surface area (Å²) in [7, 11) is 0. The number of carboxylic acids is 1. The molecule has 1 aliphatic heterocycles. The van der Waals surface area contributed by atoms with E-state index in [1.54, 1.807) is 18.2 Å². The van der Waals surface area contributed by atoms with Crippen LogP contribution >= 0.6 is 0 Å². The van der Waals surface area contributed by atoms with Crippen LogP contribution in [-0.4, -0.2) is 60.4 Å². The molecule has 0 saturated heterocycles. The molecule has 1 atom stereocenters. The number of hydrogen-bond acceptors (Lipinski definition) is 8. The molecule has 0 fully saturated rings. The number of ether oxygens (including phenoxy) is 4. The van der Waals surface area contributed by atoms with Crippen LogP contribution in [0.3, 0.4) is 0 Å². The second kappa shape index (κ2) is 10.9. The Labute approximate surface area is 195 Å². The normalized spacial score (nSPS) is 13.1. The van der Waals surface area contributed by atoms with Gasteiger partial charge in [-0.25, -0.2) is 0 Å². The fourth-order valence-corrected chi connectivity index (χ4v) is 3.54. The molecule has 0 spiro atoms. The summed E-state index contributed by atoms with van der Waals surface area (Å²) in [6.07, 6.45) is -0.142. The number of fused-ring (bicyclic) bond motifs is 2. The van der Waals surface area contributed by atoms with E-state index in [0.29, 0.717) is 35.5 Å². The summed E-state index contributed by atoms with van der Waals surface area (Å²) < 4.78 is 22.0. The number of aliphatic carboxylic acids is 1. The van der Waals surface area contributed by atoms with Crippen LogP contribution in [0.15, 0.2) is 47.3 Å². The van der Waals surface area contributed by atoms with Gasteiger partial charge in [-0.2, -0.15) is 0 Å². The van der Waals surface area contributed by atoms with Gasteiger partial charge in [-0.1, -0.05) is 6.07 Å². The van der Waals surface area contributed by atoms with Crippen LogP contribution in [0.4, 0.5) is 0 Å². The fourth-order valence-electron chi connectivity index (χ4n) is 3.54. The molecule has 0 bridgehead atoms. The van der Waals surface area contributed by atoms with E-state index in [4.69, 9.17) is 24.1 Å². The maximum Gasteiger partial charge on any atom is 0.306 e. The zero-order chi connectivity index (χ0) is 23.9. The van der Waals surface area contributed by atoms with Crippen molar-refractivity contribution >= 4 is 16.9 Å². The van der Waals surface area contributed by atoms with Crippen LogP contribution in [0.1, 0.15) is 12.0 Å². The number of aromatic nitrogens is 1. The first-order chi connectivity index (χ1) is 16.5. The predicted octanol–water partition coefficient (Wildman–Crippen LogP) is 1.68. The molecular formula is C24H26N2O8. The van der Waals surface area contributed by atoms with Crippen molar-refractivity contribution in [3.05, 3.63) is 58.4 Å². The lowest BCUT2D eigenvalue weighted by atomic mass is 10.1. The topological polar surface area (TPSA) is 139 Å². The first kappa shape index (κ1) is 23.4. The van der Waals surface area contributed by atoms with E-state index < -0.39 is 12.1 Å². The van der Waals surface area contributed by atoms with E-state index in [1.165, 1.54) is 6.07 Å². The van der Waals surface area contributed by atoms with Crippen molar-refractivity contribution in [3.63, 3.8) is 0 Å². The first-order valence-corrected chi connectivity index (χ1v) is 10.9. The molecule has 3 aromatic rings. The van der Waals surface area contributed by atoms with E-state index in [2.05, 4.69) is 10.3 Å². The highest BCUT2D eigenvalue weighted by atomic mass is 16.7. The van der Waals surface area contributed by atoms with Gasteiger partial charge in [-0.3, -0.25) is 9.59 Å². The molecule has 2 heterocycles. The van der Waals surface area contributed by atoms with E-state index in [1.807, 2.05) is 18.2 Å². The number of aliphatic hydroxyl groups is 1. The molecule has 180 valence electrons. The average Bonchev–Trinajstić information content (AvgIpc) is 3.29. The molecule has 10 nitrogen and oxygen atoms in total. The summed E-state index contributed by atoms with van der Waals surface area (Å²) in [5.41, 5.74) is 1.19. The van der Waals surface area contributed by atoms with Gasteiger partial charge < -0.3 is 39.5 Å². The van der Waals surface area contributed by atoms with Crippen LogP contribution < -0.4 is 29.8 Å². The summed E-state index contributed by atoms with van der Waals surface area (Å²) in [6.45, 7) is 1.27. The molecule has 0 amide bonds. The van der Waals surface area contributed by atoms with Crippen LogP contribution in [0.2, 0.25) is 0 Å². The van der Waals surface area contributed by atoms with Gasteiger partial charge in [0.05, 0.1) is 18.5 Å². The number of benzene rings is 2. The number of carbonyl (C=O) groups is 1. The number of pyridine rings is 1. The number of carboxylic acid groups (broad SMARTS) is 1. The molecule has 4 rings (SSSR count). The van der Waals surface area contributed by atoms with Crippen molar-refractivity contribution in [1.29, 1.82) is 0 Å². The summed E-state index contributed by atoms with van der Waals surface area (Å²) in [4.78, 5) is 25.2. The van der Waals surface area contributed by atoms with Crippen molar-refractivity contribution in [2.45, 2.75) is 18.9 Å². The van der Waals surface area contributed by atoms with Gasteiger partial charge >= 0.3 is 5.97 Å². The van der Waals surface area contributed by atoms with Gasteiger partial charge in [0, 0.05) is 18.0 Å². The number of H-pyrrole nitrogens is 1. The van der Waals surface area contributed by atoms with Gasteiger partial charge in [0.15, 0.2) is 11.5 Å². The summed E-state index contributed by atoms with van der Waals surface area (Å²) in [5.74, 6) is 1.35. The zero-order valence-corrected chi connectivity index (χ0v) is 18.4. The van der Waals surface area contributed by atoms with E-state index in [9.17, 15) is 14.7 Å². The second-order valence-corrected chi connectivity index (χ2v) is 7.77. The average molecular weight is 470 g/mol. The van der Waals surface area contributed by atoms with Crippen LogP contribution in [-0.2, 0) is 11.2 Å². The van der Waals surface area contributed by atoms with Crippen molar-refractivity contribution < 1.29 is 34.0 Å². The molecule has 0 radical (unpaired) electrons. The first-order valence-electron chi connectivity index (χ1n) is 10.9. The van der Waals surface area contributed by atoms with Gasteiger partial charge in [-0.05, 0) is 48.9 Å². The second-order valence-electron chi connectivity index (χ2n) is 7.77. The van der Waals surface area contributed by atoms with Gasteiger partial charge in [0.25, 0.3) is 0 Å². The van der Waals surface area contributed by atoms with Crippen molar-refractivity contribution in [2.24, 2.45) is 0 Å². The number of nitrogens with one attached hydrogen (secondary N) is 2. The van der Waals surface area contributed by atoms with Crippen molar-refractivity contribution in [2.75, 3.05) is 33.1 Å². The standard InChI is InChI=1S/C24H26N2O8/c27-16(12-25-9-7-15-1-3-19-21(11-15)34-14-33-19)13-32-18-4-5-20(31-10-8-23(29)30)24-17(18)2-6-22(28)26-24/h1-6,11,16,25,27H,7-10,12-14H2,(H,26,28)(H,29,30). The Hall–Kier alpha value is -3.76. The summed E-state index contributed by atoms with van der Waals surface area (Å²) >= 11 is 0. The largest absolute Gasteiger partial charge is 0.491 e. The third-order valence-electron chi connectivity index (χ3n) is 5.23. The zero-order valence-electron chi connectivity index (χ0n) is 18.4.